The van der Waals surface area contributed by atoms with Crippen molar-refractivity contribution >= 4 is 5.82 Å². The molecular formula is C17H28N4O. The number of hydrogen-bond donors (Lipinski definition) is 0. The third kappa shape index (κ3) is 3.76. The second kappa shape index (κ2) is 7.38. The van der Waals surface area contributed by atoms with Gasteiger partial charge >= 0.3 is 0 Å². The number of ether oxygens (including phenoxy) is 1. The average Bonchev–Trinajstić information content (AvgIpc) is 2.76. The lowest BCUT2D eigenvalue weighted by molar-refractivity contribution is 0.0350. The molecule has 2 saturated heterocycles. The fourth-order valence-electron chi connectivity index (χ4n) is 3.47. The normalized spacial score (nSPS) is 24.3. The summed E-state index contributed by atoms with van der Waals surface area (Å²) in [6, 6.07) is 0. The van der Waals surface area contributed by atoms with E-state index < -0.39 is 0 Å². The summed E-state index contributed by atoms with van der Waals surface area (Å²) >= 11 is 0. The van der Waals surface area contributed by atoms with E-state index in [0.29, 0.717) is 0 Å². The van der Waals surface area contributed by atoms with Crippen LogP contribution in [0, 0.1) is 13.8 Å². The molecule has 0 aliphatic carbocycles. The zero-order valence-electron chi connectivity index (χ0n) is 13.9. The molecule has 5 nitrogen and oxygen atoms in total. The number of likely N-dealkylation sites (tertiary alicyclic amines) is 1. The van der Waals surface area contributed by atoms with Gasteiger partial charge in [-0.2, -0.15) is 0 Å². The maximum atomic E-state index is 6.10. The zero-order valence-corrected chi connectivity index (χ0v) is 13.9. The fraction of sp³-hybridized carbons (Fsp3) is 0.765. The number of anilines is 1. The fourth-order valence-corrected chi connectivity index (χ4v) is 3.47. The van der Waals surface area contributed by atoms with E-state index in [-0.39, 0.29) is 6.10 Å². The topological polar surface area (TPSA) is 41.5 Å². The Hall–Kier alpha value is -1.20. The van der Waals surface area contributed by atoms with Crippen LogP contribution < -0.4 is 4.90 Å². The molecule has 1 atom stereocenters. The molecule has 0 bridgehead atoms. The van der Waals surface area contributed by atoms with Crippen molar-refractivity contribution in [1.29, 1.82) is 0 Å². The van der Waals surface area contributed by atoms with Gasteiger partial charge in [-0.3, -0.25) is 0 Å². The molecule has 2 aliphatic rings. The molecule has 22 heavy (non-hydrogen) atoms. The Morgan fingerprint density at radius 2 is 1.91 bits per heavy atom. The largest absolute Gasteiger partial charge is 0.375 e. The van der Waals surface area contributed by atoms with Gasteiger partial charge in [0.05, 0.1) is 6.10 Å². The summed E-state index contributed by atoms with van der Waals surface area (Å²) < 4.78 is 6.10. The van der Waals surface area contributed by atoms with E-state index >= 15 is 0 Å². The van der Waals surface area contributed by atoms with Crippen LogP contribution in [0.3, 0.4) is 0 Å². The Labute approximate surface area is 133 Å². The van der Waals surface area contributed by atoms with Crippen LogP contribution in [0.1, 0.15) is 36.9 Å². The monoisotopic (exact) mass is 304 g/mol. The quantitative estimate of drug-likeness (QED) is 0.856. The van der Waals surface area contributed by atoms with Crippen LogP contribution >= 0.6 is 0 Å². The summed E-state index contributed by atoms with van der Waals surface area (Å²) in [5.74, 6) is 1.08. The summed E-state index contributed by atoms with van der Waals surface area (Å²) in [5.41, 5.74) is 2.27. The molecular weight excluding hydrogens is 276 g/mol. The van der Waals surface area contributed by atoms with E-state index in [0.717, 1.165) is 44.2 Å². The molecule has 3 heterocycles. The summed E-state index contributed by atoms with van der Waals surface area (Å²) in [7, 11) is 0. The van der Waals surface area contributed by atoms with Crippen LogP contribution in [0.5, 0.6) is 0 Å². The molecule has 1 aromatic heterocycles. The number of piperidine rings is 1. The minimum Gasteiger partial charge on any atom is -0.375 e. The van der Waals surface area contributed by atoms with Crippen molar-refractivity contribution in [2.24, 2.45) is 0 Å². The average molecular weight is 304 g/mol. The maximum absolute atomic E-state index is 6.10. The smallest absolute Gasteiger partial charge is 0.135 e. The van der Waals surface area contributed by atoms with Crippen LogP contribution in [0.25, 0.3) is 0 Å². The third-order valence-corrected chi connectivity index (χ3v) is 4.87. The van der Waals surface area contributed by atoms with Gasteiger partial charge in [-0.25, -0.2) is 9.97 Å². The Morgan fingerprint density at radius 1 is 1.09 bits per heavy atom. The van der Waals surface area contributed by atoms with E-state index in [1.807, 2.05) is 0 Å². The molecule has 3 rings (SSSR count). The van der Waals surface area contributed by atoms with Gasteiger partial charge in [-0.05, 0) is 46.2 Å². The number of nitrogens with zero attached hydrogens (tertiary/aromatic N) is 4. The maximum Gasteiger partial charge on any atom is 0.135 e. The minimum absolute atomic E-state index is 0.287. The van der Waals surface area contributed by atoms with E-state index in [9.17, 15) is 0 Å². The molecule has 0 saturated carbocycles. The second-order valence-corrected chi connectivity index (χ2v) is 6.56. The first-order valence-electron chi connectivity index (χ1n) is 8.61. The second-order valence-electron chi connectivity index (χ2n) is 6.56. The highest BCUT2D eigenvalue weighted by molar-refractivity contribution is 5.47. The van der Waals surface area contributed by atoms with E-state index in [1.165, 1.54) is 37.9 Å². The van der Waals surface area contributed by atoms with Crippen LogP contribution in [0.2, 0.25) is 0 Å². The third-order valence-electron chi connectivity index (χ3n) is 4.87. The minimum atomic E-state index is 0.287. The molecule has 0 aromatic carbocycles. The molecule has 0 N–H and O–H groups in total. The van der Waals surface area contributed by atoms with Gasteiger partial charge in [0.15, 0.2) is 0 Å². The molecule has 0 unspecified atom stereocenters. The van der Waals surface area contributed by atoms with Crippen LogP contribution in [-0.2, 0) is 4.74 Å². The van der Waals surface area contributed by atoms with Crippen LogP contribution in [-0.4, -0.2) is 60.3 Å². The summed E-state index contributed by atoms with van der Waals surface area (Å²) in [5, 5.41) is 0. The molecule has 2 aliphatic heterocycles. The Balaban J connectivity index is 1.68. The summed E-state index contributed by atoms with van der Waals surface area (Å²) in [6.45, 7) is 10.5. The van der Waals surface area contributed by atoms with Gasteiger partial charge in [0.1, 0.15) is 12.1 Å². The van der Waals surface area contributed by atoms with Crippen molar-refractivity contribution in [2.75, 3.05) is 44.2 Å². The van der Waals surface area contributed by atoms with E-state index in [1.54, 1.807) is 6.33 Å². The summed E-state index contributed by atoms with van der Waals surface area (Å²) in [6.07, 6.45) is 7.09. The number of rotatable bonds is 3. The lowest BCUT2D eigenvalue weighted by Gasteiger charge is -2.32. The molecule has 0 radical (unpaired) electrons. The molecule has 5 heteroatoms. The van der Waals surface area contributed by atoms with Gasteiger partial charge in [-0.1, -0.05) is 6.42 Å². The van der Waals surface area contributed by atoms with E-state index in [4.69, 9.17) is 4.74 Å². The highest BCUT2D eigenvalue weighted by atomic mass is 16.5. The number of aryl methyl sites for hydroxylation is 1. The molecule has 0 amide bonds. The predicted octanol–water partition coefficient (Wildman–Crippen LogP) is 2.17. The highest BCUT2D eigenvalue weighted by Gasteiger charge is 2.24. The molecule has 122 valence electrons. The number of hydrogen-bond acceptors (Lipinski definition) is 5. The Morgan fingerprint density at radius 3 is 2.73 bits per heavy atom. The van der Waals surface area contributed by atoms with Crippen molar-refractivity contribution in [3.8, 4) is 0 Å². The molecule has 2 fully saturated rings. The predicted molar refractivity (Wildman–Crippen MR) is 88.4 cm³/mol. The first kappa shape index (κ1) is 15.7. The Kier molecular flexibility index (Phi) is 5.26. The van der Waals surface area contributed by atoms with Crippen molar-refractivity contribution in [3.63, 3.8) is 0 Å². The van der Waals surface area contributed by atoms with Crippen molar-refractivity contribution in [2.45, 2.75) is 45.6 Å². The van der Waals surface area contributed by atoms with Crippen molar-refractivity contribution in [3.05, 3.63) is 17.6 Å². The summed E-state index contributed by atoms with van der Waals surface area (Å²) in [4.78, 5) is 13.8. The zero-order chi connectivity index (χ0) is 15.4. The van der Waals surface area contributed by atoms with Crippen LogP contribution in [0.15, 0.2) is 6.33 Å². The SMILES string of the molecule is Cc1ncnc(N2CCCO[C@H](CN3CCCCC3)C2)c1C. The van der Waals surface area contributed by atoms with Crippen LogP contribution in [0.4, 0.5) is 5.82 Å². The van der Waals surface area contributed by atoms with E-state index in [2.05, 4.69) is 33.6 Å². The van der Waals surface area contributed by atoms with Gasteiger partial charge in [0.25, 0.3) is 0 Å². The van der Waals surface area contributed by atoms with Gasteiger partial charge < -0.3 is 14.5 Å². The first-order chi connectivity index (χ1) is 10.7. The first-order valence-corrected chi connectivity index (χ1v) is 8.61. The van der Waals surface area contributed by atoms with Crippen molar-refractivity contribution < 1.29 is 4.74 Å². The van der Waals surface area contributed by atoms with Crippen molar-refractivity contribution in [1.82, 2.24) is 14.9 Å². The highest BCUT2D eigenvalue weighted by Crippen LogP contribution is 2.21. The van der Waals surface area contributed by atoms with Gasteiger partial charge in [0, 0.05) is 37.5 Å². The standard InChI is InChI=1S/C17H28N4O/c1-14-15(2)18-13-19-17(14)21-9-6-10-22-16(12-21)11-20-7-4-3-5-8-20/h13,16H,3-12H2,1-2H3/t16-/m1/s1. The lowest BCUT2D eigenvalue weighted by atomic mass is 10.1. The van der Waals surface area contributed by atoms with Gasteiger partial charge in [0.2, 0.25) is 0 Å². The van der Waals surface area contributed by atoms with Gasteiger partial charge in [-0.15, -0.1) is 0 Å². The Bertz CT molecular complexity index is 488. The number of aromatic nitrogens is 2. The molecule has 0 spiro atoms. The molecule has 1 aromatic rings. The lowest BCUT2D eigenvalue weighted by Crippen LogP contribution is -2.42.